The number of carbonyl (C=O) groups excluding carboxylic acids is 1. The molecule has 2 N–H and O–H groups in total. The summed E-state index contributed by atoms with van der Waals surface area (Å²) >= 11 is 0. The molecule has 11 heteroatoms. The summed E-state index contributed by atoms with van der Waals surface area (Å²) in [7, 11) is -0.185. The summed E-state index contributed by atoms with van der Waals surface area (Å²) < 4.78 is 46.9. The molecule has 3 aromatic rings. The van der Waals surface area contributed by atoms with E-state index in [1.54, 1.807) is 49.3 Å². The van der Waals surface area contributed by atoms with Gasteiger partial charge in [-0.15, -0.1) is 0 Å². The van der Waals surface area contributed by atoms with E-state index in [-0.39, 0.29) is 46.8 Å². The third kappa shape index (κ3) is 10.2. The number of methoxy groups -OCH3 is 1. The van der Waals surface area contributed by atoms with E-state index in [0.717, 1.165) is 37.1 Å². The van der Waals surface area contributed by atoms with Gasteiger partial charge in [0.2, 0.25) is 0 Å². The second kappa shape index (κ2) is 17.0. The lowest BCUT2D eigenvalue weighted by molar-refractivity contribution is -0.0177. The Hall–Kier alpha value is -3.64. The van der Waals surface area contributed by atoms with Crippen LogP contribution in [0.5, 0.6) is 11.5 Å². The molecule has 10 nitrogen and oxygen atoms in total. The van der Waals surface area contributed by atoms with Gasteiger partial charge < -0.3 is 24.2 Å². The van der Waals surface area contributed by atoms with Gasteiger partial charge in [-0.1, -0.05) is 37.3 Å². The summed E-state index contributed by atoms with van der Waals surface area (Å²) in [5, 5.41) is 10.2. The maximum Gasteiger partial charge on any atom is 0.261 e. The molecule has 1 amide bonds. The molecule has 47 heavy (non-hydrogen) atoms. The molecule has 0 radical (unpaired) electrons. The fraction of sp³-hybridized carbons (Fsp3) is 0.472. The lowest BCUT2D eigenvalue weighted by Crippen LogP contribution is -2.47. The Morgan fingerprint density at radius 2 is 1.79 bits per heavy atom. The zero-order valence-corrected chi connectivity index (χ0v) is 28.9. The number of hydrogen-bond donors (Lipinski definition) is 2. The molecular weight excluding hydrogens is 618 g/mol. The van der Waals surface area contributed by atoms with Crippen molar-refractivity contribution in [1.29, 1.82) is 0 Å². The van der Waals surface area contributed by atoms with Crippen LogP contribution in [0.3, 0.4) is 0 Å². The van der Waals surface area contributed by atoms with Gasteiger partial charge in [0.25, 0.3) is 15.9 Å². The predicted molar refractivity (Wildman–Crippen MR) is 183 cm³/mol. The third-order valence-electron chi connectivity index (χ3n) is 8.46. The van der Waals surface area contributed by atoms with E-state index < -0.39 is 16.1 Å². The van der Waals surface area contributed by atoms with Crippen LogP contribution in [0, 0.1) is 5.92 Å². The number of carbonyl (C=O) groups is 1. The van der Waals surface area contributed by atoms with Crippen LogP contribution in [0.1, 0.15) is 56.0 Å². The van der Waals surface area contributed by atoms with Crippen LogP contribution >= 0.6 is 0 Å². The maximum absolute atomic E-state index is 14.4. The number of likely N-dealkylation sites (N-methyl/N-ethyl adjacent to an activating group) is 1. The topological polar surface area (TPSA) is 118 Å². The van der Waals surface area contributed by atoms with E-state index in [1.807, 2.05) is 31.2 Å². The third-order valence-corrected chi connectivity index (χ3v) is 9.86. The number of nitrogens with one attached hydrogen (secondary N) is 1. The highest BCUT2D eigenvalue weighted by molar-refractivity contribution is 7.92. The number of sulfonamides is 1. The van der Waals surface area contributed by atoms with Crippen LogP contribution in [-0.2, 0) is 21.3 Å². The van der Waals surface area contributed by atoms with Gasteiger partial charge in [-0.05, 0) is 88.2 Å². The lowest BCUT2D eigenvalue weighted by atomic mass is 10.0. The van der Waals surface area contributed by atoms with Crippen molar-refractivity contribution in [3.8, 4) is 11.5 Å². The summed E-state index contributed by atoms with van der Waals surface area (Å²) in [5.41, 5.74) is 1.62. The number of amides is 1. The molecule has 0 fully saturated rings. The van der Waals surface area contributed by atoms with Crippen molar-refractivity contribution in [2.75, 3.05) is 45.2 Å². The normalized spacial score (nSPS) is 20.5. The molecule has 4 rings (SSSR count). The quantitative estimate of drug-likeness (QED) is 0.294. The Balaban J connectivity index is 1.62. The molecule has 1 aliphatic heterocycles. The Kier molecular flexibility index (Phi) is 13.1. The molecular formula is C36H49N3O7S. The first-order valence-corrected chi connectivity index (χ1v) is 17.7. The molecule has 0 saturated carbocycles. The first kappa shape index (κ1) is 36.2. The van der Waals surface area contributed by atoms with Gasteiger partial charge in [0, 0.05) is 37.8 Å². The summed E-state index contributed by atoms with van der Waals surface area (Å²) in [6.07, 6.45) is 2.14. The van der Waals surface area contributed by atoms with Crippen molar-refractivity contribution in [1.82, 2.24) is 9.80 Å². The van der Waals surface area contributed by atoms with Crippen molar-refractivity contribution in [2.24, 2.45) is 5.92 Å². The van der Waals surface area contributed by atoms with Gasteiger partial charge in [0.15, 0.2) is 0 Å². The largest absolute Gasteiger partial charge is 0.497 e. The second-order valence-corrected chi connectivity index (χ2v) is 14.2. The number of aliphatic hydroxyl groups excluding tert-OH is 1. The molecule has 1 heterocycles. The molecule has 4 atom stereocenters. The smallest absolute Gasteiger partial charge is 0.261 e. The highest BCUT2D eigenvalue weighted by Gasteiger charge is 2.30. The van der Waals surface area contributed by atoms with E-state index >= 15 is 0 Å². The number of benzene rings is 3. The summed E-state index contributed by atoms with van der Waals surface area (Å²) in [6.45, 7) is 7.84. The molecule has 0 aliphatic carbocycles. The zero-order valence-electron chi connectivity index (χ0n) is 28.1. The second-order valence-electron chi connectivity index (χ2n) is 12.5. The molecule has 256 valence electrons. The zero-order chi connectivity index (χ0) is 34.0. The Morgan fingerprint density at radius 3 is 2.47 bits per heavy atom. The minimum absolute atomic E-state index is 0.0859. The Morgan fingerprint density at radius 1 is 1.06 bits per heavy atom. The Bertz CT molecular complexity index is 1540. The summed E-state index contributed by atoms with van der Waals surface area (Å²) in [4.78, 5) is 18.3. The average molecular weight is 668 g/mol. The van der Waals surface area contributed by atoms with Crippen LogP contribution in [0.2, 0.25) is 0 Å². The van der Waals surface area contributed by atoms with Crippen LogP contribution in [0.15, 0.2) is 77.7 Å². The van der Waals surface area contributed by atoms with Crippen molar-refractivity contribution in [2.45, 2.75) is 69.7 Å². The minimum Gasteiger partial charge on any atom is -0.497 e. The summed E-state index contributed by atoms with van der Waals surface area (Å²) in [6, 6.07) is 20.3. The predicted octanol–water partition coefficient (Wildman–Crippen LogP) is 5.42. The van der Waals surface area contributed by atoms with Gasteiger partial charge >= 0.3 is 0 Å². The van der Waals surface area contributed by atoms with Crippen molar-refractivity contribution >= 4 is 21.6 Å². The van der Waals surface area contributed by atoms with Crippen LogP contribution in [0.25, 0.3) is 0 Å². The molecule has 0 bridgehead atoms. The first-order valence-electron chi connectivity index (χ1n) is 16.2. The Labute approximate surface area is 279 Å². The molecule has 0 unspecified atom stereocenters. The van der Waals surface area contributed by atoms with Crippen LogP contribution < -0.4 is 14.2 Å². The van der Waals surface area contributed by atoms with E-state index in [0.29, 0.717) is 25.4 Å². The number of nitrogens with zero attached hydrogens (tertiary/aromatic N) is 2. The van der Waals surface area contributed by atoms with Gasteiger partial charge in [0.1, 0.15) is 11.5 Å². The van der Waals surface area contributed by atoms with Crippen molar-refractivity contribution < 1.29 is 32.5 Å². The highest BCUT2D eigenvalue weighted by Crippen LogP contribution is 2.29. The monoisotopic (exact) mass is 667 g/mol. The highest BCUT2D eigenvalue weighted by atomic mass is 32.2. The number of fused-ring (bicyclic) bond motifs is 1. The maximum atomic E-state index is 14.4. The molecule has 0 aromatic heterocycles. The molecule has 1 aliphatic rings. The number of ether oxygens (including phenoxy) is 3. The van der Waals surface area contributed by atoms with E-state index in [2.05, 4.69) is 23.6 Å². The lowest BCUT2D eigenvalue weighted by Gasteiger charge is -2.36. The summed E-state index contributed by atoms with van der Waals surface area (Å²) in [5.74, 6) is 0.738. The van der Waals surface area contributed by atoms with Crippen LogP contribution in [0.4, 0.5) is 5.69 Å². The fourth-order valence-corrected chi connectivity index (χ4v) is 6.75. The number of aliphatic hydroxyl groups is 1. The van der Waals surface area contributed by atoms with Gasteiger partial charge in [-0.25, -0.2) is 8.42 Å². The van der Waals surface area contributed by atoms with E-state index in [9.17, 15) is 18.3 Å². The minimum atomic E-state index is -3.89. The van der Waals surface area contributed by atoms with Gasteiger partial charge in [-0.3, -0.25) is 14.4 Å². The number of hydrogen-bond acceptors (Lipinski definition) is 8. The SMILES string of the molecule is COc1ccc(CN(C)C[C@H]2OCCCC[C@H](C)Oc3ccc(NS(=O)(=O)c4ccccc4)cc3C(=O)N([C@H](C)CO)C[C@@H]2C)cc1. The standard InChI is InChI=1S/C36H49N3O7S/c1-26-22-39(27(2)25-40)36(41)33-21-30(37-47(42,43)32-12-7-6-8-13-32)16-19-34(33)46-28(3)11-9-10-20-45-35(26)24-38(4)23-29-14-17-31(44-5)18-15-29/h6-8,12-19,21,26-28,35,37,40H,9-11,20,22-25H2,1-5H3/t26-,27+,28-,35+/m0/s1. The number of anilines is 1. The van der Waals surface area contributed by atoms with Crippen LogP contribution in [-0.4, -0.2) is 87.9 Å². The first-order chi connectivity index (χ1) is 22.5. The van der Waals surface area contributed by atoms with Gasteiger partial charge in [-0.2, -0.15) is 0 Å². The van der Waals surface area contributed by atoms with Crippen molar-refractivity contribution in [3.05, 3.63) is 83.9 Å². The van der Waals surface area contributed by atoms with Gasteiger partial charge in [0.05, 0.1) is 42.4 Å². The average Bonchev–Trinajstić information content (AvgIpc) is 3.06. The van der Waals surface area contributed by atoms with E-state index in [1.165, 1.54) is 18.2 Å². The molecule has 0 saturated heterocycles. The number of rotatable bonds is 10. The molecule has 3 aromatic carbocycles. The molecule has 0 spiro atoms. The van der Waals surface area contributed by atoms with Crippen molar-refractivity contribution in [3.63, 3.8) is 0 Å². The van der Waals surface area contributed by atoms with E-state index in [4.69, 9.17) is 14.2 Å². The fourth-order valence-electron chi connectivity index (χ4n) is 5.68.